The number of hydrogen-bond acceptors (Lipinski definition) is 5. The van der Waals surface area contributed by atoms with Gasteiger partial charge in [-0.3, -0.25) is 14.5 Å². The van der Waals surface area contributed by atoms with Crippen molar-refractivity contribution >= 4 is 33.7 Å². The molecule has 2 aromatic carbocycles. The average molecular weight is 418 g/mol. The van der Waals surface area contributed by atoms with Crippen molar-refractivity contribution in [2.75, 3.05) is 20.3 Å². The fraction of sp³-hybridized carbons (Fsp3) is 0.211. The van der Waals surface area contributed by atoms with Crippen molar-refractivity contribution in [3.05, 3.63) is 63.6 Å². The Kier molecular flexibility index (Phi) is 5.49. The maximum atomic E-state index is 12.5. The lowest BCUT2D eigenvalue weighted by Gasteiger charge is -2.12. The summed E-state index contributed by atoms with van der Waals surface area (Å²) in [4.78, 5) is 38.3. The number of ether oxygens (including phenoxy) is 2. The van der Waals surface area contributed by atoms with E-state index >= 15 is 0 Å². The van der Waals surface area contributed by atoms with Crippen molar-refractivity contribution in [1.82, 2.24) is 4.90 Å². The van der Waals surface area contributed by atoms with E-state index < -0.39 is 11.9 Å². The number of rotatable bonds is 6. The first-order valence-electron chi connectivity index (χ1n) is 7.98. The van der Waals surface area contributed by atoms with E-state index in [0.29, 0.717) is 24.3 Å². The van der Waals surface area contributed by atoms with Crippen LogP contribution in [0.2, 0.25) is 0 Å². The molecule has 7 heteroatoms. The highest BCUT2D eigenvalue weighted by atomic mass is 79.9. The Balaban J connectivity index is 1.77. The number of nitrogens with zero attached hydrogens (tertiary/aromatic N) is 1. The molecule has 0 aromatic heterocycles. The van der Waals surface area contributed by atoms with Gasteiger partial charge in [0.05, 0.1) is 16.7 Å². The monoisotopic (exact) mass is 417 g/mol. The Hall–Kier alpha value is -2.51. The second-order valence-electron chi connectivity index (χ2n) is 5.71. The summed E-state index contributed by atoms with van der Waals surface area (Å²) < 4.78 is 11.1. The number of carbonyl (C=O) groups is 3. The number of carbonyl (C=O) groups excluding carboxylic acids is 3. The normalized spacial score (nSPS) is 13.1. The van der Waals surface area contributed by atoms with Crippen LogP contribution in [0.3, 0.4) is 0 Å². The number of esters is 1. The zero-order chi connectivity index (χ0) is 18.7. The third-order valence-electron chi connectivity index (χ3n) is 3.96. The van der Waals surface area contributed by atoms with Gasteiger partial charge in [0, 0.05) is 24.7 Å². The molecule has 0 atom stereocenters. The SMILES string of the molecule is COCCCN1C(=O)c2ccc(C(=O)Oc3ccc(Br)cc3)cc2C1=O. The van der Waals surface area contributed by atoms with E-state index in [1.54, 1.807) is 31.4 Å². The van der Waals surface area contributed by atoms with Gasteiger partial charge in [0.25, 0.3) is 11.8 Å². The minimum Gasteiger partial charge on any atom is -0.423 e. The van der Waals surface area contributed by atoms with Crippen LogP contribution in [-0.4, -0.2) is 42.9 Å². The number of halogens is 1. The summed E-state index contributed by atoms with van der Waals surface area (Å²) in [5.74, 6) is -0.955. The third kappa shape index (κ3) is 3.68. The number of hydrogen-bond donors (Lipinski definition) is 0. The van der Waals surface area contributed by atoms with E-state index in [4.69, 9.17) is 9.47 Å². The molecule has 0 spiro atoms. The van der Waals surface area contributed by atoms with Crippen LogP contribution in [0.4, 0.5) is 0 Å². The lowest BCUT2D eigenvalue weighted by atomic mass is 10.1. The summed E-state index contributed by atoms with van der Waals surface area (Å²) in [6, 6.07) is 11.2. The first-order valence-corrected chi connectivity index (χ1v) is 8.77. The van der Waals surface area contributed by atoms with E-state index in [1.165, 1.54) is 23.1 Å². The molecule has 134 valence electrons. The summed E-state index contributed by atoms with van der Waals surface area (Å²) >= 11 is 3.31. The molecule has 0 saturated heterocycles. The van der Waals surface area contributed by atoms with Gasteiger partial charge < -0.3 is 9.47 Å². The molecule has 0 radical (unpaired) electrons. The minimum absolute atomic E-state index is 0.214. The molecule has 2 aromatic rings. The van der Waals surface area contributed by atoms with Gasteiger partial charge in [-0.15, -0.1) is 0 Å². The Morgan fingerprint density at radius 2 is 1.73 bits per heavy atom. The van der Waals surface area contributed by atoms with Crippen molar-refractivity contribution in [2.45, 2.75) is 6.42 Å². The van der Waals surface area contributed by atoms with E-state index in [1.807, 2.05) is 0 Å². The molecule has 6 nitrogen and oxygen atoms in total. The molecule has 0 aliphatic carbocycles. The highest BCUT2D eigenvalue weighted by Crippen LogP contribution is 2.25. The summed E-state index contributed by atoms with van der Waals surface area (Å²) in [5, 5.41) is 0. The fourth-order valence-electron chi connectivity index (χ4n) is 2.66. The smallest absolute Gasteiger partial charge is 0.343 e. The van der Waals surface area contributed by atoms with Gasteiger partial charge >= 0.3 is 5.97 Å². The maximum Gasteiger partial charge on any atom is 0.343 e. The van der Waals surface area contributed by atoms with Crippen molar-refractivity contribution in [2.24, 2.45) is 0 Å². The van der Waals surface area contributed by atoms with E-state index in [2.05, 4.69) is 15.9 Å². The fourth-order valence-corrected chi connectivity index (χ4v) is 2.92. The molecule has 26 heavy (non-hydrogen) atoms. The Labute approximate surface area is 158 Å². The predicted molar refractivity (Wildman–Crippen MR) is 97.4 cm³/mol. The molecule has 0 fully saturated rings. The van der Waals surface area contributed by atoms with Crippen LogP contribution in [0.1, 0.15) is 37.5 Å². The van der Waals surface area contributed by atoms with Crippen LogP contribution in [0, 0.1) is 0 Å². The highest BCUT2D eigenvalue weighted by molar-refractivity contribution is 9.10. The first kappa shape index (κ1) is 18.3. The first-order chi connectivity index (χ1) is 12.5. The third-order valence-corrected chi connectivity index (χ3v) is 4.49. The van der Waals surface area contributed by atoms with E-state index in [-0.39, 0.29) is 23.6 Å². The zero-order valence-electron chi connectivity index (χ0n) is 14.0. The van der Waals surface area contributed by atoms with Crippen LogP contribution in [-0.2, 0) is 4.74 Å². The van der Waals surface area contributed by atoms with Crippen molar-refractivity contribution in [1.29, 1.82) is 0 Å². The second kappa shape index (κ2) is 7.80. The molecule has 3 rings (SSSR count). The maximum absolute atomic E-state index is 12.5. The predicted octanol–water partition coefficient (Wildman–Crippen LogP) is 3.30. The lowest BCUT2D eigenvalue weighted by molar-refractivity contribution is 0.0638. The van der Waals surface area contributed by atoms with Gasteiger partial charge in [0.2, 0.25) is 0 Å². The molecule has 0 saturated carbocycles. The number of methoxy groups -OCH3 is 1. The summed E-state index contributed by atoms with van der Waals surface area (Å²) in [7, 11) is 1.56. The second-order valence-corrected chi connectivity index (χ2v) is 6.63. The Morgan fingerprint density at radius 1 is 1.04 bits per heavy atom. The standard InChI is InChI=1S/C19H16BrNO5/c1-25-10-2-9-21-17(22)15-8-3-12(11-16(15)18(21)23)19(24)26-14-6-4-13(20)5-7-14/h3-8,11H,2,9-10H2,1H3. The van der Waals surface area contributed by atoms with Crippen LogP contribution < -0.4 is 4.74 Å². The van der Waals surface area contributed by atoms with Gasteiger partial charge in [-0.1, -0.05) is 15.9 Å². The summed E-state index contributed by atoms with van der Waals surface area (Å²) in [5.41, 5.74) is 0.733. The summed E-state index contributed by atoms with van der Waals surface area (Å²) in [6.45, 7) is 0.733. The molecule has 1 aliphatic rings. The van der Waals surface area contributed by atoms with Crippen LogP contribution >= 0.6 is 15.9 Å². The van der Waals surface area contributed by atoms with Crippen LogP contribution in [0.15, 0.2) is 46.9 Å². The molecular weight excluding hydrogens is 402 g/mol. The minimum atomic E-state index is -0.590. The zero-order valence-corrected chi connectivity index (χ0v) is 15.6. The molecular formula is C19H16BrNO5. The molecule has 0 bridgehead atoms. The van der Waals surface area contributed by atoms with Gasteiger partial charge in [-0.2, -0.15) is 0 Å². The van der Waals surface area contributed by atoms with Gasteiger partial charge in [-0.25, -0.2) is 4.79 Å². The van der Waals surface area contributed by atoms with Crippen LogP contribution in [0.5, 0.6) is 5.75 Å². The lowest BCUT2D eigenvalue weighted by Crippen LogP contribution is -2.31. The molecule has 0 N–H and O–H groups in total. The van der Waals surface area contributed by atoms with Gasteiger partial charge in [-0.05, 0) is 48.9 Å². The van der Waals surface area contributed by atoms with Crippen molar-refractivity contribution in [3.8, 4) is 5.75 Å². The number of benzene rings is 2. The molecule has 2 amide bonds. The number of fused-ring (bicyclic) bond motifs is 1. The van der Waals surface area contributed by atoms with Crippen LogP contribution in [0.25, 0.3) is 0 Å². The molecule has 1 heterocycles. The van der Waals surface area contributed by atoms with E-state index in [0.717, 1.165) is 4.47 Å². The average Bonchev–Trinajstić information content (AvgIpc) is 2.88. The highest BCUT2D eigenvalue weighted by Gasteiger charge is 2.35. The largest absolute Gasteiger partial charge is 0.423 e. The van der Waals surface area contributed by atoms with Crippen molar-refractivity contribution in [3.63, 3.8) is 0 Å². The van der Waals surface area contributed by atoms with Crippen molar-refractivity contribution < 1.29 is 23.9 Å². The summed E-state index contributed by atoms with van der Waals surface area (Å²) in [6.07, 6.45) is 0.556. The number of amides is 2. The quantitative estimate of drug-likeness (QED) is 0.312. The number of imide groups is 1. The molecule has 1 aliphatic heterocycles. The van der Waals surface area contributed by atoms with Gasteiger partial charge in [0.15, 0.2) is 0 Å². The van der Waals surface area contributed by atoms with E-state index in [9.17, 15) is 14.4 Å². The Morgan fingerprint density at radius 3 is 2.42 bits per heavy atom. The Bertz CT molecular complexity index is 863. The van der Waals surface area contributed by atoms with Gasteiger partial charge in [0.1, 0.15) is 5.75 Å². The topological polar surface area (TPSA) is 72.9 Å². The molecule has 0 unspecified atom stereocenters.